The van der Waals surface area contributed by atoms with Crippen LogP contribution in [0.25, 0.3) is 16.7 Å². The fraction of sp³-hybridized carbons (Fsp3) is 0.111. The van der Waals surface area contributed by atoms with Gasteiger partial charge < -0.3 is 0 Å². The van der Waals surface area contributed by atoms with Crippen LogP contribution >= 0.6 is 0 Å². The molecule has 0 bridgehead atoms. The normalized spacial score (nSPS) is 10.8. The van der Waals surface area contributed by atoms with E-state index in [-0.39, 0.29) is 11.2 Å². The summed E-state index contributed by atoms with van der Waals surface area (Å²) in [4.78, 5) is 36.1. The molecule has 3 aromatic rings. The van der Waals surface area contributed by atoms with Crippen molar-refractivity contribution < 1.29 is 9.72 Å². The number of hydrogen-bond donors (Lipinski definition) is 0. The maximum Gasteiger partial charge on any atom is 0.340 e. The summed E-state index contributed by atoms with van der Waals surface area (Å²) < 4.78 is 2.22. The van der Waals surface area contributed by atoms with Crippen LogP contribution in [0.4, 0.5) is 5.69 Å². The molecule has 0 spiro atoms. The molecule has 0 unspecified atom stereocenters. The van der Waals surface area contributed by atoms with E-state index >= 15 is 0 Å². The van der Waals surface area contributed by atoms with Gasteiger partial charge >= 0.3 is 5.69 Å². The Balaban J connectivity index is 2.34. The molecule has 1 heterocycles. The number of allylic oxidation sites excluding steroid dienone is 1. The Labute approximate surface area is 142 Å². The predicted octanol–water partition coefficient (Wildman–Crippen LogP) is 3.20. The Morgan fingerprint density at radius 2 is 1.84 bits per heavy atom. The lowest BCUT2D eigenvalue weighted by Crippen LogP contribution is -2.28. The lowest BCUT2D eigenvalue weighted by atomic mass is 10.1. The van der Waals surface area contributed by atoms with E-state index in [1.54, 1.807) is 25.1 Å². The number of aryl methyl sites for hydroxylation is 1. The maximum atomic E-state index is 12.9. The van der Waals surface area contributed by atoms with Crippen molar-refractivity contribution in [2.45, 2.75) is 13.8 Å². The standard InChI is InChI=1S/C18H15N3O4/c1-11(2)19-16-10-14(21(24)25)7-8-15(16)20(18(19)23)17(22)13-6-4-5-12(3)9-13/h4-10H,1H2,2-3H3. The number of aromatic nitrogens is 2. The van der Waals surface area contributed by atoms with Gasteiger partial charge in [0.05, 0.1) is 16.0 Å². The molecule has 0 radical (unpaired) electrons. The summed E-state index contributed by atoms with van der Waals surface area (Å²) in [6.45, 7) is 7.18. The van der Waals surface area contributed by atoms with Gasteiger partial charge in [0.2, 0.25) is 0 Å². The number of carbonyl (C=O) groups excluding carboxylic acids is 1. The first-order valence-corrected chi connectivity index (χ1v) is 7.50. The molecule has 0 aliphatic heterocycles. The van der Waals surface area contributed by atoms with Gasteiger partial charge in [0, 0.05) is 23.4 Å². The van der Waals surface area contributed by atoms with Crippen molar-refractivity contribution in [2.24, 2.45) is 0 Å². The lowest BCUT2D eigenvalue weighted by molar-refractivity contribution is -0.384. The van der Waals surface area contributed by atoms with E-state index in [0.717, 1.165) is 10.1 Å². The van der Waals surface area contributed by atoms with Gasteiger partial charge in [0.1, 0.15) is 0 Å². The molecular formula is C18H15N3O4. The van der Waals surface area contributed by atoms with Crippen LogP contribution in [0, 0.1) is 17.0 Å². The van der Waals surface area contributed by atoms with Crippen LogP contribution in [0.3, 0.4) is 0 Å². The quantitative estimate of drug-likeness (QED) is 0.542. The summed E-state index contributed by atoms with van der Waals surface area (Å²) in [5.41, 5.74) is 1.42. The third kappa shape index (κ3) is 2.65. The first-order chi connectivity index (χ1) is 11.8. The van der Waals surface area contributed by atoms with Crippen molar-refractivity contribution >= 4 is 28.3 Å². The Hall–Kier alpha value is -3.48. The number of non-ortho nitro benzene ring substituents is 1. The van der Waals surface area contributed by atoms with Gasteiger partial charge in [-0.1, -0.05) is 24.3 Å². The monoisotopic (exact) mass is 337 g/mol. The summed E-state index contributed by atoms with van der Waals surface area (Å²) in [5, 5.41) is 11.0. The zero-order valence-corrected chi connectivity index (χ0v) is 13.7. The van der Waals surface area contributed by atoms with E-state index in [0.29, 0.717) is 16.8 Å². The molecule has 0 atom stereocenters. The molecule has 7 nitrogen and oxygen atoms in total. The zero-order chi connectivity index (χ0) is 18.3. The second kappa shape index (κ2) is 5.86. The van der Waals surface area contributed by atoms with Crippen LogP contribution in [0.5, 0.6) is 0 Å². The number of fused-ring (bicyclic) bond motifs is 1. The number of benzene rings is 2. The molecule has 2 aromatic carbocycles. The van der Waals surface area contributed by atoms with Gasteiger partial charge in [-0.2, -0.15) is 0 Å². The molecule has 0 fully saturated rings. The van der Waals surface area contributed by atoms with E-state index in [9.17, 15) is 19.7 Å². The number of rotatable bonds is 3. The van der Waals surface area contributed by atoms with Crippen LogP contribution < -0.4 is 5.69 Å². The third-order valence-corrected chi connectivity index (χ3v) is 3.88. The highest BCUT2D eigenvalue weighted by Gasteiger charge is 2.22. The molecule has 0 saturated heterocycles. The van der Waals surface area contributed by atoms with E-state index in [1.165, 1.54) is 22.8 Å². The molecule has 0 aliphatic rings. The summed E-state index contributed by atoms with van der Waals surface area (Å²) in [7, 11) is 0. The molecule has 126 valence electrons. The number of hydrogen-bond acceptors (Lipinski definition) is 4. The van der Waals surface area contributed by atoms with E-state index in [2.05, 4.69) is 6.58 Å². The first kappa shape index (κ1) is 16.4. The third-order valence-electron chi connectivity index (χ3n) is 3.88. The minimum absolute atomic E-state index is 0.164. The Morgan fingerprint density at radius 3 is 2.44 bits per heavy atom. The van der Waals surface area contributed by atoms with Gasteiger partial charge in [-0.05, 0) is 32.0 Å². The Kier molecular flexibility index (Phi) is 3.84. The average molecular weight is 337 g/mol. The van der Waals surface area contributed by atoms with Crippen molar-refractivity contribution in [2.75, 3.05) is 0 Å². The number of imidazole rings is 1. The molecule has 0 N–H and O–H groups in total. The fourth-order valence-corrected chi connectivity index (χ4v) is 2.77. The number of nitrogens with zero attached hydrogens (tertiary/aromatic N) is 3. The van der Waals surface area contributed by atoms with Crippen molar-refractivity contribution in [1.29, 1.82) is 0 Å². The molecule has 1 aromatic heterocycles. The molecule has 25 heavy (non-hydrogen) atoms. The first-order valence-electron chi connectivity index (χ1n) is 7.50. The smallest absolute Gasteiger partial charge is 0.268 e. The van der Waals surface area contributed by atoms with Gasteiger partial charge in [0.25, 0.3) is 11.6 Å². The molecule has 0 amide bonds. The van der Waals surface area contributed by atoms with Crippen LogP contribution in [0.2, 0.25) is 0 Å². The van der Waals surface area contributed by atoms with Crippen molar-refractivity contribution in [1.82, 2.24) is 9.13 Å². The Bertz CT molecular complexity index is 1110. The van der Waals surface area contributed by atoms with Crippen LogP contribution in [-0.4, -0.2) is 20.0 Å². The summed E-state index contributed by atoms with van der Waals surface area (Å²) in [6, 6.07) is 10.8. The Morgan fingerprint density at radius 1 is 1.12 bits per heavy atom. The van der Waals surface area contributed by atoms with Gasteiger partial charge in [-0.25, -0.2) is 9.36 Å². The second-order valence-corrected chi connectivity index (χ2v) is 5.79. The highest BCUT2D eigenvalue weighted by molar-refractivity contribution is 6.02. The minimum atomic E-state index is -0.602. The molecule has 7 heteroatoms. The molecule has 3 rings (SSSR count). The van der Waals surface area contributed by atoms with Crippen LogP contribution in [-0.2, 0) is 0 Å². The number of carbonyl (C=O) groups is 1. The van der Waals surface area contributed by atoms with E-state index in [4.69, 9.17) is 0 Å². The SMILES string of the molecule is C=C(C)n1c(=O)n(C(=O)c2cccc(C)c2)c2ccc([N+](=O)[O-])cc21. The lowest BCUT2D eigenvalue weighted by Gasteiger charge is -2.03. The summed E-state index contributed by atoms with van der Waals surface area (Å²) in [6.07, 6.45) is 0. The minimum Gasteiger partial charge on any atom is -0.268 e. The molecule has 0 saturated carbocycles. The van der Waals surface area contributed by atoms with Crippen molar-refractivity contribution in [3.63, 3.8) is 0 Å². The summed E-state index contributed by atoms with van der Waals surface area (Å²) >= 11 is 0. The van der Waals surface area contributed by atoms with Crippen molar-refractivity contribution in [3.05, 3.63) is 80.8 Å². The molecule has 0 aliphatic carbocycles. The van der Waals surface area contributed by atoms with Crippen LogP contribution in [0.15, 0.2) is 53.8 Å². The topological polar surface area (TPSA) is 87.1 Å². The highest BCUT2D eigenvalue weighted by Crippen LogP contribution is 2.23. The zero-order valence-electron chi connectivity index (χ0n) is 13.7. The van der Waals surface area contributed by atoms with Crippen LogP contribution in [0.1, 0.15) is 22.8 Å². The second-order valence-electron chi connectivity index (χ2n) is 5.79. The number of nitro groups is 1. The van der Waals surface area contributed by atoms with Gasteiger partial charge in [-0.15, -0.1) is 0 Å². The van der Waals surface area contributed by atoms with E-state index < -0.39 is 16.5 Å². The van der Waals surface area contributed by atoms with Crippen molar-refractivity contribution in [3.8, 4) is 0 Å². The highest BCUT2D eigenvalue weighted by atomic mass is 16.6. The predicted molar refractivity (Wildman–Crippen MR) is 94.8 cm³/mol. The summed E-state index contributed by atoms with van der Waals surface area (Å²) in [5.74, 6) is -0.493. The van der Waals surface area contributed by atoms with Gasteiger partial charge in [0.15, 0.2) is 0 Å². The fourth-order valence-electron chi connectivity index (χ4n) is 2.77. The van der Waals surface area contributed by atoms with E-state index in [1.807, 2.05) is 13.0 Å². The largest absolute Gasteiger partial charge is 0.340 e. The molecular weight excluding hydrogens is 322 g/mol. The average Bonchev–Trinajstić information content (AvgIpc) is 2.85. The van der Waals surface area contributed by atoms with Gasteiger partial charge in [-0.3, -0.25) is 19.5 Å². The number of nitro benzene ring substituents is 1. The maximum absolute atomic E-state index is 12.9.